The normalized spacial score (nSPS) is 21.6. The number of urea groups is 1. The highest BCUT2D eigenvalue weighted by Gasteiger charge is 2.66. The van der Waals surface area contributed by atoms with Crippen LogP contribution in [-0.2, 0) is 35.2 Å². The van der Waals surface area contributed by atoms with Gasteiger partial charge in [-0.15, -0.1) is 0 Å². The summed E-state index contributed by atoms with van der Waals surface area (Å²) in [4.78, 5) is 33.3. The molecule has 0 radical (unpaired) electrons. The summed E-state index contributed by atoms with van der Waals surface area (Å²) in [6.07, 6.45) is 2.27. The van der Waals surface area contributed by atoms with Crippen molar-refractivity contribution in [2.24, 2.45) is 0 Å². The molecule has 5 aromatic carbocycles. The molecule has 2 heterocycles. The van der Waals surface area contributed by atoms with Crippen molar-refractivity contribution in [2.45, 2.75) is 82.5 Å². The predicted octanol–water partition coefficient (Wildman–Crippen LogP) is 9.45. The van der Waals surface area contributed by atoms with E-state index in [4.69, 9.17) is 9.26 Å². The molecule has 3 unspecified atom stereocenters. The SMILES string of the molecule is CC(C)Nc1c[nH]c2ccc(CN3C(=O)N(Cc4cccc(OCP(=O)(O)OCc5ccccc5)c4)C4(CC4c4ccccc4)[C@H](O)C[C@H]3Cc3ccccc3)cc12. The van der Waals surface area contributed by atoms with Gasteiger partial charge in [0.1, 0.15) is 5.75 Å². The molecule has 1 spiro atoms. The van der Waals surface area contributed by atoms with Gasteiger partial charge in [-0.25, -0.2) is 4.79 Å². The van der Waals surface area contributed by atoms with E-state index in [2.05, 4.69) is 66.6 Å². The highest BCUT2D eigenvalue weighted by molar-refractivity contribution is 7.52. The minimum atomic E-state index is -4.08. The third kappa shape index (κ3) is 8.71. The number of rotatable bonds is 15. The van der Waals surface area contributed by atoms with Crippen molar-refractivity contribution in [3.8, 4) is 5.75 Å². The average Bonchev–Trinajstić information content (AvgIpc) is 3.89. The van der Waals surface area contributed by atoms with Crippen molar-refractivity contribution in [1.29, 1.82) is 0 Å². The number of hydrogen-bond acceptors (Lipinski definition) is 6. The van der Waals surface area contributed by atoms with E-state index < -0.39 is 25.6 Å². The van der Waals surface area contributed by atoms with Crippen LogP contribution >= 0.6 is 7.60 Å². The maximum absolute atomic E-state index is 15.5. The Hall–Kier alpha value is -5.38. The molecule has 4 N–H and O–H groups in total. The van der Waals surface area contributed by atoms with E-state index in [9.17, 15) is 14.6 Å². The quantitative estimate of drug-likeness (QED) is 0.0763. The van der Waals surface area contributed by atoms with E-state index >= 15 is 4.79 Å². The Morgan fingerprint density at radius 2 is 1.52 bits per heavy atom. The van der Waals surface area contributed by atoms with Crippen LogP contribution in [0.3, 0.4) is 0 Å². The van der Waals surface area contributed by atoms with Gasteiger partial charge in [-0.1, -0.05) is 109 Å². The lowest BCUT2D eigenvalue weighted by molar-refractivity contribution is 0.0473. The van der Waals surface area contributed by atoms with Crippen LogP contribution in [0, 0.1) is 0 Å². The predicted molar refractivity (Wildman–Crippen MR) is 228 cm³/mol. The highest BCUT2D eigenvalue weighted by atomic mass is 31.2. The van der Waals surface area contributed by atoms with Crippen LogP contribution in [0.5, 0.6) is 5.75 Å². The molecule has 5 atom stereocenters. The number of H-pyrrole nitrogens is 1. The number of hydrogen-bond donors (Lipinski definition) is 4. The number of ether oxygens (including phenoxy) is 1. The number of aromatic amines is 1. The molecule has 1 aromatic heterocycles. The number of benzene rings is 5. The molecule has 2 aliphatic rings. The summed E-state index contributed by atoms with van der Waals surface area (Å²) in [5.41, 5.74) is 5.90. The standard InChI is InChI=1S/C47H51N4O6P/c1-33(2)49-44-28-48-43-22-21-37(25-41(43)44)29-50-39(23-34-13-6-3-7-14-34)26-45(52)47(27-42(47)38-18-10-5-11-19-38)51(46(50)53)30-36-17-12-20-40(24-36)56-32-58(54,55)57-31-35-15-8-4-9-16-35/h3-22,24-25,28,33,39,42,45,48-49,52H,23,26-27,29-32H2,1-2H3,(H,54,55)/t39-,42?,45-,47?/m1/s1. The molecule has 58 heavy (non-hydrogen) atoms. The number of aliphatic hydroxyl groups is 1. The number of nitrogens with zero attached hydrogens (tertiary/aromatic N) is 2. The minimum absolute atomic E-state index is 0.0150. The van der Waals surface area contributed by atoms with Crippen molar-refractivity contribution in [2.75, 3.05) is 11.7 Å². The lowest BCUT2D eigenvalue weighted by atomic mass is 9.92. The first-order chi connectivity index (χ1) is 28.1. The smallest absolute Gasteiger partial charge is 0.365 e. The van der Waals surface area contributed by atoms with E-state index in [0.29, 0.717) is 31.6 Å². The average molecular weight is 799 g/mol. The van der Waals surface area contributed by atoms with Crippen LogP contribution in [0.15, 0.2) is 140 Å². The molecule has 6 aromatic rings. The largest absolute Gasteiger partial charge is 0.481 e. The van der Waals surface area contributed by atoms with Crippen molar-refractivity contribution >= 4 is 30.2 Å². The number of nitrogens with one attached hydrogen (secondary N) is 2. The number of fused-ring (bicyclic) bond motifs is 1. The van der Waals surface area contributed by atoms with Gasteiger partial charge < -0.3 is 39.4 Å². The van der Waals surface area contributed by atoms with Gasteiger partial charge in [0.15, 0.2) is 6.35 Å². The zero-order valence-electron chi connectivity index (χ0n) is 32.9. The molecule has 1 aliphatic heterocycles. The van der Waals surface area contributed by atoms with Gasteiger partial charge in [-0.2, -0.15) is 0 Å². The fourth-order valence-electron chi connectivity index (χ4n) is 8.53. The molecule has 2 amide bonds. The second-order valence-corrected chi connectivity index (χ2v) is 17.7. The molecule has 1 aliphatic carbocycles. The van der Waals surface area contributed by atoms with E-state index in [1.165, 1.54) is 0 Å². The Morgan fingerprint density at radius 3 is 2.24 bits per heavy atom. The van der Waals surface area contributed by atoms with E-state index in [1.54, 1.807) is 12.1 Å². The summed E-state index contributed by atoms with van der Waals surface area (Å²) in [5, 5.41) is 17.1. The van der Waals surface area contributed by atoms with Gasteiger partial charge in [-0.05, 0) is 85.2 Å². The summed E-state index contributed by atoms with van der Waals surface area (Å²) in [7, 11) is -4.08. The first-order valence-electron chi connectivity index (χ1n) is 20.0. The maximum Gasteiger partial charge on any atom is 0.365 e. The lowest BCUT2D eigenvalue weighted by Gasteiger charge is -2.37. The maximum atomic E-state index is 15.5. The van der Waals surface area contributed by atoms with Crippen LogP contribution in [0.2, 0.25) is 0 Å². The summed E-state index contributed by atoms with van der Waals surface area (Å²) in [6.45, 7) is 4.76. The zero-order chi connectivity index (χ0) is 40.3. The van der Waals surface area contributed by atoms with Gasteiger partial charge in [0.25, 0.3) is 0 Å². The Balaban J connectivity index is 1.12. The van der Waals surface area contributed by atoms with Gasteiger partial charge in [0.2, 0.25) is 0 Å². The fraction of sp³-hybridized carbons (Fsp3) is 0.298. The molecule has 0 bridgehead atoms. The first kappa shape index (κ1) is 39.4. The first-order valence-corrected chi connectivity index (χ1v) is 21.8. The number of aliphatic hydroxyl groups excluding tert-OH is 1. The third-order valence-electron chi connectivity index (χ3n) is 11.4. The second-order valence-electron chi connectivity index (χ2n) is 15.9. The second kappa shape index (κ2) is 16.8. The summed E-state index contributed by atoms with van der Waals surface area (Å²) in [5.74, 6) is 0.319. The number of carbonyl (C=O) groups excluding carboxylic acids is 1. The molecular formula is C47H51N4O6P. The fourth-order valence-corrected chi connectivity index (χ4v) is 9.27. The van der Waals surface area contributed by atoms with Crippen LogP contribution in [0.1, 0.15) is 60.4 Å². The Morgan fingerprint density at radius 1 is 0.845 bits per heavy atom. The molecule has 1 saturated carbocycles. The van der Waals surface area contributed by atoms with Crippen LogP contribution in [0.25, 0.3) is 10.9 Å². The summed E-state index contributed by atoms with van der Waals surface area (Å²) < 4.78 is 24.2. The number of anilines is 1. The van der Waals surface area contributed by atoms with Crippen molar-refractivity contribution in [3.63, 3.8) is 0 Å². The summed E-state index contributed by atoms with van der Waals surface area (Å²) in [6, 6.07) is 42.9. The molecule has 10 nitrogen and oxygen atoms in total. The van der Waals surface area contributed by atoms with Crippen molar-refractivity contribution in [3.05, 3.63) is 167 Å². The minimum Gasteiger partial charge on any atom is -0.481 e. The topological polar surface area (TPSA) is 127 Å². The third-order valence-corrected chi connectivity index (χ3v) is 12.4. The van der Waals surface area contributed by atoms with Crippen molar-refractivity contribution in [1.82, 2.24) is 14.8 Å². The molecule has 11 heteroatoms. The van der Waals surface area contributed by atoms with Gasteiger partial charge in [-0.3, -0.25) is 4.57 Å². The van der Waals surface area contributed by atoms with E-state index in [0.717, 1.165) is 44.4 Å². The molecule has 300 valence electrons. The summed E-state index contributed by atoms with van der Waals surface area (Å²) >= 11 is 0. The molecular weight excluding hydrogens is 748 g/mol. The van der Waals surface area contributed by atoms with E-state index in [-0.39, 0.29) is 37.2 Å². The van der Waals surface area contributed by atoms with Crippen LogP contribution in [-0.4, -0.2) is 60.9 Å². The molecule has 1 saturated heterocycles. The molecule has 2 fully saturated rings. The monoisotopic (exact) mass is 798 g/mol. The number of amides is 2. The van der Waals surface area contributed by atoms with Crippen LogP contribution in [0.4, 0.5) is 10.5 Å². The van der Waals surface area contributed by atoms with Crippen LogP contribution < -0.4 is 10.1 Å². The Bertz CT molecular complexity index is 2370. The number of aromatic nitrogens is 1. The highest BCUT2D eigenvalue weighted by Crippen LogP contribution is 2.60. The Kier molecular flexibility index (Phi) is 11.5. The lowest BCUT2D eigenvalue weighted by Crippen LogP contribution is -2.51. The Labute approximate surface area is 340 Å². The van der Waals surface area contributed by atoms with Crippen molar-refractivity contribution < 1.29 is 28.6 Å². The van der Waals surface area contributed by atoms with Gasteiger partial charge in [0.05, 0.1) is 23.9 Å². The van der Waals surface area contributed by atoms with E-state index in [1.807, 2.05) is 94.9 Å². The number of carbonyl (C=O) groups is 1. The molecule has 8 rings (SSSR count). The van der Waals surface area contributed by atoms with Gasteiger partial charge >= 0.3 is 13.6 Å². The van der Waals surface area contributed by atoms with Gasteiger partial charge in [0, 0.05) is 48.2 Å². The zero-order valence-corrected chi connectivity index (χ0v) is 33.8.